The molecule has 120 valence electrons. The van der Waals surface area contributed by atoms with Crippen LogP contribution in [0.1, 0.15) is 12.0 Å². The van der Waals surface area contributed by atoms with Crippen molar-refractivity contribution in [2.24, 2.45) is 0 Å². The van der Waals surface area contributed by atoms with Crippen molar-refractivity contribution in [1.29, 1.82) is 0 Å². The summed E-state index contributed by atoms with van der Waals surface area (Å²) >= 11 is 0. The van der Waals surface area contributed by atoms with Gasteiger partial charge in [-0.25, -0.2) is 12.8 Å². The molecule has 0 aliphatic carbocycles. The predicted octanol–water partition coefficient (Wildman–Crippen LogP) is 2.88. The van der Waals surface area contributed by atoms with E-state index in [1.165, 1.54) is 40.7 Å². The highest BCUT2D eigenvalue weighted by Crippen LogP contribution is 2.33. The van der Waals surface area contributed by atoms with E-state index in [-0.39, 0.29) is 17.1 Å². The number of nitro benzene ring substituents is 1. The highest BCUT2D eigenvalue weighted by atomic mass is 32.2. The molecule has 0 aromatic heterocycles. The third-order valence-corrected chi connectivity index (χ3v) is 5.54. The van der Waals surface area contributed by atoms with E-state index in [2.05, 4.69) is 0 Å². The number of benzene rings is 2. The monoisotopic (exact) mass is 336 g/mol. The van der Waals surface area contributed by atoms with Crippen LogP contribution in [0.5, 0.6) is 0 Å². The summed E-state index contributed by atoms with van der Waals surface area (Å²) in [4.78, 5) is 10.1. The Kier molecular flexibility index (Phi) is 3.77. The van der Waals surface area contributed by atoms with Crippen molar-refractivity contribution in [3.05, 3.63) is 64.0 Å². The molecule has 0 atom stereocenters. The van der Waals surface area contributed by atoms with Crippen molar-refractivity contribution in [1.82, 2.24) is 0 Å². The molecule has 0 amide bonds. The molecule has 0 saturated carbocycles. The zero-order valence-corrected chi connectivity index (χ0v) is 12.8. The molecule has 0 N–H and O–H groups in total. The van der Waals surface area contributed by atoms with Gasteiger partial charge in [-0.1, -0.05) is 6.07 Å². The summed E-state index contributed by atoms with van der Waals surface area (Å²) in [5.74, 6) is -0.418. The molecule has 1 aliphatic heterocycles. The Bertz CT molecular complexity index is 883. The smallest absolute Gasteiger partial charge is 0.266 e. The summed E-state index contributed by atoms with van der Waals surface area (Å²) in [6, 6.07) is 8.88. The number of non-ortho nitro benzene ring substituents is 1. The fraction of sp³-hybridized carbons (Fsp3) is 0.200. The SMILES string of the molecule is O=[N+]([O-])c1cccc(S(=O)(=O)N2CCCc3cc(F)ccc32)c1. The fourth-order valence-corrected chi connectivity index (χ4v) is 4.25. The Morgan fingerprint density at radius 1 is 1.17 bits per heavy atom. The molecule has 0 radical (unpaired) electrons. The van der Waals surface area contributed by atoms with Gasteiger partial charge in [-0.05, 0) is 42.7 Å². The summed E-state index contributed by atoms with van der Waals surface area (Å²) in [6.45, 7) is 0.254. The van der Waals surface area contributed by atoms with Crippen LogP contribution in [0.4, 0.5) is 15.8 Å². The number of fused-ring (bicyclic) bond motifs is 1. The average molecular weight is 336 g/mol. The second kappa shape index (κ2) is 5.62. The largest absolute Gasteiger partial charge is 0.270 e. The maximum Gasteiger partial charge on any atom is 0.270 e. The molecular formula is C15H13FN2O4S. The third kappa shape index (κ3) is 2.77. The lowest BCUT2D eigenvalue weighted by Crippen LogP contribution is -2.35. The molecule has 0 spiro atoms. The summed E-state index contributed by atoms with van der Waals surface area (Å²) in [5.41, 5.74) is 0.747. The molecule has 3 rings (SSSR count). The van der Waals surface area contributed by atoms with Gasteiger partial charge in [0.05, 0.1) is 15.5 Å². The normalized spacial score (nSPS) is 14.4. The van der Waals surface area contributed by atoms with Crippen molar-refractivity contribution in [2.45, 2.75) is 17.7 Å². The lowest BCUT2D eigenvalue weighted by Gasteiger charge is -2.30. The molecule has 0 unspecified atom stereocenters. The molecule has 2 aromatic carbocycles. The molecule has 23 heavy (non-hydrogen) atoms. The van der Waals surface area contributed by atoms with Crippen LogP contribution in [0.25, 0.3) is 0 Å². The molecular weight excluding hydrogens is 323 g/mol. The lowest BCUT2D eigenvalue weighted by molar-refractivity contribution is -0.385. The van der Waals surface area contributed by atoms with Crippen molar-refractivity contribution in [3.8, 4) is 0 Å². The molecule has 2 aromatic rings. The lowest BCUT2D eigenvalue weighted by atomic mass is 10.0. The predicted molar refractivity (Wildman–Crippen MR) is 82.3 cm³/mol. The summed E-state index contributed by atoms with van der Waals surface area (Å²) in [5, 5.41) is 10.8. The van der Waals surface area contributed by atoms with Gasteiger partial charge in [-0.3, -0.25) is 14.4 Å². The van der Waals surface area contributed by atoms with Crippen LogP contribution in [0.15, 0.2) is 47.4 Å². The first-order valence-electron chi connectivity index (χ1n) is 6.95. The van der Waals surface area contributed by atoms with Gasteiger partial charge in [0.2, 0.25) is 0 Å². The van der Waals surface area contributed by atoms with E-state index in [9.17, 15) is 22.9 Å². The van der Waals surface area contributed by atoms with Crippen LogP contribution in [0.2, 0.25) is 0 Å². The molecule has 0 saturated heterocycles. The number of hydrogen-bond donors (Lipinski definition) is 0. The fourth-order valence-electron chi connectivity index (χ4n) is 2.67. The Morgan fingerprint density at radius 3 is 2.70 bits per heavy atom. The first-order chi connectivity index (χ1) is 10.9. The molecule has 1 heterocycles. The van der Waals surface area contributed by atoms with E-state index in [0.717, 1.165) is 6.07 Å². The average Bonchev–Trinajstić information content (AvgIpc) is 2.54. The second-order valence-electron chi connectivity index (χ2n) is 5.21. The van der Waals surface area contributed by atoms with Crippen LogP contribution < -0.4 is 4.31 Å². The van der Waals surface area contributed by atoms with Crippen LogP contribution in [-0.4, -0.2) is 19.9 Å². The Morgan fingerprint density at radius 2 is 1.96 bits per heavy atom. The van der Waals surface area contributed by atoms with Crippen LogP contribution >= 0.6 is 0 Å². The maximum atomic E-state index is 13.3. The Balaban J connectivity index is 2.08. The number of rotatable bonds is 3. The van der Waals surface area contributed by atoms with Gasteiger partial charge < -0.3 is 0 Å². The summed E-state index contributed by atoms with van der Waals surface area (Å²) in [6.07, 6.45) is 1.15. The highest BCUT2D eigenvalue weighted by Gasteiger charge is 2.30. The number of nitro groups is 1. The highest BCUT2D eigenvalue weighted by molar-refractivity contribution is 7.92. The van der Waals surface area contributed by atoms with Crippen LogP contribution in [0, 0.1) is 15.9 Å². The molecule has 0 bridgehead atoms. The minimum atomic E-state index is -3.94. The van der Waals surface area contributed by atoms with E-state index in [0.29, 0.717) is 24.1 Å². The van der Waals surface area contributed by atoms with Gasteiger partial charge in [0.1, 0.15) is 5.82 Å². The second-order valence-corrected chi connectivity index (χ2v) is 7.07. The van der Waals surface area contributed by atoms with E-state index in [1.807, 2.05) is 0 Å². The number of anilines is 1. The number of nitrogens with zero attached hydrogens (tertiary/aromatic N) is 2. The molecule has 8 heteroatoms. The van der Waals surface area contributed by atoms with Crippen molar-refractivity contribution in [3.63, 3.8) is 0 Å². The Hall–Kier alpha value is -2.48. The Labute approximate surface area is 132 Å². The number of hydrogen-bond acceptors (Lipinski definition) is 4. The van der Waals surface area contributed by atoms with Crippen molar-refractivity contribution < 1.29 is 17.7 Å². The van der Waals surface area contributed by atoms with Gasteiger partial charge in [0, 0.05) is 18.7 Å². The van der Waals surface area contributed by atoms with Gasteiger partial charge in [0.25, 0.3) is 15.7 Å². The van der Waals surface area contributed by atoms with Gasteiger partial charge in [0.15, 0.2) is 0 Å². The first-order valence-corrected chi connectivity index (χ1v) is 8.39. The van der Waals surface area contributed by atoms with Crippen molar-refractivity contribution in [2.75, 3.05) is 10.8 Å². The number of halogens is 1. The first kappa shape index (κ1) is 15.4. The maximum absolute atomic E-state index is 13.3. The van der Waals surface area contributed by atoms with Gasteiger partial charge >= 0.3 is 0 Å². The quantitative estimate of drug-likeness (QED) is 0.637. The molecule has 0 fully saturated rings. The van der Waals surface area contributed by atoms with E-state index in [1.54, 1.807) is 0 Å². The van der Waals surface area contributed by atoms with Crippen LogP contribution in [0.3, 0.4) is 0 Å². The van der Waals surface area contributed by atoms with E-state index >= 15 is 0 Å². The molecule has 6 nitrogen and oxygen atoms in total. The number of sulfonamides is 1. The van der Waals surface area contributed by atoms with Gasteiger partial charge in [-0.15, -0.1) is 0 Å². The van der Waals surface area contributed by atoms with Crippen LogP contribution in [-0.2, 0) is 16.4 Å². The zero-order valence-electron chi connectivity index (χ0n) is 12.0. The number of aryl methyl sites for hydroxylation is 1. The topological polar surface area (TPSA) is 80.5 Å². The van der Waals surface area contributed by atoms with Crippen molar-refractivity contribution >= 4 is 21.4 Å². The zero-order chi connectivity index (χ0) is 16.6. The van der Waals surface area contributed by atoms with E-state index < -0.39 is 20.8 Å². The molecule has 1 aliphatic rings. The summed E-state index contributed by atoms with van der Waals surface area (Å²) in [7, 11) is -3.94. The third-order valence-electron chi connectivity index (χ3n) is 3.73. The minimum absolute atomic E-state index is 0.149. The standard InChI is InChI=1S/C15H13FN2O4S/c16-12-6-7-15-11(9-12)3-2-8-17(15)23(21,22)14-5-1-4-13(10-14)18(19)20/h1,4-7,9-10H,2-3,8H2. The minimum Gasteiger partial charge on any atom is -0.266 e. The summed E-state index contributed by atoms with van der Waals surface area (Å²) < 4.78 is 40.2. The van der Waals surface area contributed by atoms with Gasteiger partial charge in [-0.2, -0.15) is 0 Å². The van der Waals surface area contributed by atoms with E-state index in [4.69, 9.17) is 0 Å².